The van der Waals surface area contributed by atoms with Crippen LogP contribution in [-0.4, -0.2) is 23.3 Å². The first-order valence-corrected chi connectivity index (χ1v) is 8.30. The highest BCUT2D eigenvalue weighted by Gasteiger charge is 2.29. The normalized spacial score (nSPS) is 11.2. The summed E-state index contributed by atoms with van der Waals surface area (Å²) in [7, 11) is 0. The first kappa shape index (κ1) is 19.4. The third kappa shape index (κ3) is 6.15. The molecule has 0 spiro atoms. The molecule has 0 bridgehead atoms. The Kier molecular flexibility index (Phi) is 6.57. The van der Waals surface area contributed by atoms with Crippen LogP contribution >= 0.6 is 23.4 Å². The Morgan fingerprint density at radius 1 is 1.16 bits per heavy atom. The van der Waals surface area contributed by atoms with E-state index in [-0.39, 0.29) is 35.4 Å². The molecule has 0 fully saturated rings. The Labute approximate surface area is 151 Å². The molecule has 0 atom stereocenters. The number of carbonyl (C=O) groups is 1. The number of halogens is 4. The minimum atomic E-state index is -4.40. The van der Waals surface area contributed by atoms with Crippen molar-refractivity contribution in [3.8, 4) is 0 Å². The molecule has 2 aromatic rings. The largest absolute Gasteiger partial charge is 0.446 e. The number of hydrogen-bond donors (Lipinski definition) is 3. The van der Waals surface area contributed by atoms with Gasteiger partial charge in [0.25, 0.3) is 0 Å². The molecule has 0 aliphatic carbocycles. The second-order valence-corrected chi connectivity index (χ2v) is 6.44. The highest BCUT2D eigenvalue weighted by atomic mass is 35.5. The van der Waals surface area contributed by atoms with Crippen molar-refractivity contribution in [2.45, 2.75) is 16.8 Å². The second kappa shape index (κ2) is 8.46. The van der Waals surface area contributed by atoms with Crippen molar-refractivity contribution in [2.75, 3.05) is 17.2 Å². The molecule has 0 radical (unpaired) electrons. The highest BCUT2D eigenvalue weighted by molar-refractivity contribution is 8.00. The lowest BCUT2D eigenvalue weighted by molar-refractivity contribution is -0.0328. The molecule has 3 N–H and O–H groups in total. The summed E-state index contributed by atoms with van der Waals surface area (Å²) in [6.07, 6.45) is 0.257. The molecule has 0 heterocycles. The van der Waals surface area contributed by atoms with Crippen molar-refractivity contribution in [3.63, 3.8) is 0 Å². The van der Waals surface area contributed by atoms with Crippen LogP contribution in [0.1, 0.15) is 5.56 Å². The topological polar surface area (TPSA) is 61.4 Å². The first-order valence-electron chi connectivity index (χ1n) is 7.10. The first-order chi connectivity index (χ1) is 11.8. The molecule has 2 amide bonds. The van der Waals surface area contributed by atoms with Gasteiger partial charge in [-0.15, -0.1) is 0 Å². The van der Waals surface area contributed by atoms with Gasteiger partial charge in [0.05, 0.1) is 0 Å². The zero-order valence-corrected chi connectivity index (χ0v) is 14.3. The maximum absolute atomic E-state index is 12.4. The monoisotopic (exact) mass is 390 g/mol. The summed E-state index contributed by atoms with van der Waals surface area (Å²) < 4.78 is 37.2. The SMILES string of the molecule is O=C(Nc1cccc(SC(F)(F)F)c1)Nc1cccc(Cl)c1CCO. The van der Waals surface area contributed by atoms with Gasteiger partial charge in [-0.3, -0.25) is 0 Å². The maximum atomic E-state index is 12.4. The second-order valence-electron chi connectivity index (χ2n) is 4.89. The van der Waals surface area contributed by atoms with Crippen molar-refractivity contribution >= 4 is 40.8 Å². The van der Waals surface area contributed by atoms with E-state index in [1.54, 1.807) is 18.2 Å². The van der Waals surface area contributed by atoms with Gasteiger partial charge in [-0.2, -0.15) is 13.2 Å². The van der Waals surface area contributed by atoms with Crippen LogP contribution in [0, 0.1) is 0 Å². The summed E-state index contributed by atoms with van der Waals surface area (Å²) in [6.45, 7) is -0.142. The van der Waals surface area contributed by atoms with Crippen LogP contribution < -0.4 is 10.6 Å². The van der Waals surface area contributed by atoms with Gasteiger partial charge in [-0.1, -0.05) is 23.7 Å². The molecule has 25 heavy (non-hydrogen) atoms. The van der Waals surface area contributed by atoms with E-state index >= 15 is 0 Å². The Morgan fingerprint density at radius 2 is 1.88 bits per heavy atom. The summed E-state index contributed by atoms with van der Waals surface area (Å²) in [5.41, 5.74) is -3.19. The molecule has 0 aliphatic rings. The third-order valence-electron chi connectivity index (χ3n) is 3.05. The number of urea groups is 1. The average molecular weight is 391 g/mol. The van der Waals surface area contributed by atoms with Gasteiger partial charge in [0.2, 0.25) is 0 Å². The van der Waals surface area contributed by atoms with Crippen LogP contribution in [0.3, 0.4) is 0 Å². The fraction of sp³-hybridized carbons (Fsp3) is 0.188. The zero-order valence-electron chi connectivity index (χ0n) is 12.7. The lowest BCUT2D eigenvalue weighted by Crippen LogP contribution is -2.20. The number of rotatable bonds is 5. The number of thioether (sulfide) groups is 1. The number of hydrogen-bond acceptors (Lipinski definition) is 3. The fourth-order valence-electron chi connectivity index (χ4n) is 2.10. The van der Waals surface area contributed by atoms with Gasteiger partial charge in [-0.25, -0.2) is 4.79 Å². The summed E-state index contributed by atoms with van der Waals surface area (Å²) >= 11 is 5.78. The van der Waals surface area contributed by atoms with E-state index in [0.29, 0.717) is 16.3 Å². The van der Waals surface area contributed by atoms with Crippen molar-refractivity contribution < 1.29 is 23.1 Å². The Hall–Kier alpha value is -1.90. The molecule has 0 saturated heterocycles. The predicted octanol–water partition coefficient (Wildman–Crippen LogP) is 5.13. The van der Waals surface area contributed by atoms with E-state index in [9.17, 15) is 18.0 Å². The quantitative estimate of drug-likeness (QED) is 0.620. The lowest BCUT2D eigenvalue weighted by atomic mass is 10.1. The van der Waals surface area contributed by atoms with E-state index in [4.69, 9.17) is 16.7 Å². The van der Waals surface area contributed by atoms with E-state index < -0.39 is 11.5 Å². The van der Waals surface area contributed by atoms with Gasteiger partial charge in [0, 0.05) is 27.9 Å². The fourth-order valence-corrected chi connectivity index (χ4v) is 2.97. The minimum absolute atomic E-state index is 0.0333. The van der Waals surface area contributed by atoms with Crippen LogP contribution in [0.2, 0.25) is 5.02 Å². The maximum Gasteiger partial charge on any atom is 0.446 e. The van der Waals surface area contributed by atoms with Gasteiger partial charge in [-0.05, 0) is 54.1 Å². The Balaban J connectivity index is 2.08. The van der Waals surface area contributed by atoms with E-state index in [0.717, 1.165) is 0 Å². The summed E-state index contributed by atoms with van der Waals surface area (Å²) in [5.74, 6) is 0. The molecule has 0 aromatic heterocycles. The van der Waals surface area contributed by atoms with Crippen molar-refractivity contribution in [1.82, 2.24) is 0 Å². The van der Waals surface area contributed by atoms with Crippen LogP contribution in [0.4, 0.5) is 29.3 Å². The van der Waals surface area contributed by atoms with Gasteiger partial charge in [0.1, 0.15) is 0 Å². The molecule has 0 saturated carbocycles. The van der Waals surface area contributed by atoms with Gasteiger partial charge in [0.15, 0.2) is 0 Å². The van der Waals surface area contributed by atoms with Gasteiger partial charge >= 0.3 is 11.5 Å². The number of alkyl halides is 3. The van der Waals surface area contributed by atoms with Crippen LogP contribution in [-0.2, 0) is 6.42 Å². The van der Waals surface area contributed by atoms with E-state index in [1.807, 2.05) is 0 Å². The van der Waals surface area contributed by atoms with E-state index in [2.05, 4.69) is 10.6 Å². The van der Waals surface area contributed by atoms with Crippen LogP contribution in [0.5, 0.6) is 0 Å². The molecule has 2 aromatic carbocycles. The number of nitrogens with one attached hydrogen (secondary N) is 2. The average Bonchev–Trinajstić information content (AvgIpc) is 2.49. The molecular formula is C16H14ClF3N2O2S. The van der Waals surface area contributed by atoms with Crippen LogP contribution in [0.15, 0.2) is 47.4 Å². The Bertz CT molecular complexity index is 756. The van der Waals surface area contributed by atoms with Crippen LogP contribution in [0.25, 0.3) is 0 Å². The number of carbonyl (C=O) groups excluding carboxylic acids is 1. The van der Waals surface area contributed by atoms with Crippen molar-refractivity contribution in [3.05, 3.63) is 53.1 Å². The highest BCUT2D eigenvalue weighted by Crippen LogP contribution is 2.37. The summed E-state index contributed by atoms with van der Waals surface area (Å²) in [5, 5.41) is 14.5. The number of benzene rings is 2. The van der Waals surface area contributed by atoms with E-state index in [1.165, 1.54) is 24.3 Å². The number of aliphatic hydroxyl groups excluding tert-OH is 1. The molecule has 0 aliphatic heterocycles. The third-order valence-corrected chi connectivity index (χ3v) is 4.13. The summed E-state index contributed by atoms with van der Waals surface area (Å²) in [4.78, 5) is 12.1. The molecule has 4 nitrogen and oxygen atoms in total. The number of amides is 2. The zero-order chi connectivity index (χ0) is 18.4. The molecular weight excluding hydrogens is 377 g/mol. The van der Waals surface area contributed by atoms with Gasteiger partial charge < -0.3 is 15.7 Å². The molecule has 2 rings (SSSR count). The summed E-state index contributed by atoms with van der Waals surface area (Å²) in [6, 6.07) is 9.68. The smallest absolute Gasteiger partial charge is 0.396 e. The minimum Gasteiger partial charge on any atom is -0.396 e. The van der Waals surface area contributed by atoms with Crippen molar-refractivity contribution in [2.24, 2.45) is 0 Å². The lowest BCUT2D eigenvalue weighted by Gasteiger charge is -2.13. The van der Waals surface area contributed by atoms with Crippen molar-refractivity contribution in [1.29, 1.82) is 0 Å². The number of aliphatic hydroxyl groups is 1. The Morgan fingerprint density at radius 3 is 2.56 bits per heavy atom. The predicted molar refractivity (Wildman–Crippen MR) is 93.2 cm³/mol. The standard InChI is InChI=1S/C16H14ClF3N2O2S/c17-13-5-2-6-14(12(13)7-8-23)22-15(24)21-10-3-1-4-11(9-10)25-16(18,19)20/h1-6,9,23H,7-8H2,(H2,21,22,24). The molecule has 0 unspecified atom stereocenters. The molecule has 9 heteroatoms. The number of anilines is 2. The molecule has 134 valence electrons.